The molecule has 0 radical (unpaired) electrons. The van der Waals surface area contributed by atoms with Crippen LogP contribution in [0.4, 0.5) is 0 Å². The van der Waals surface area contributed by atoms with Crippen LogP contribution in [0.3, 0.4) is 0 Å². The number of hydrogen-bond acceptors (Lipinski definition) is 7. The van der Waals surface area contributed by atoms with Gasteiger partial charge in [0, 0.05) is 18.2 Å². The van der Waals surface area contributed by atoms with Crippen LogP contribution in [0.25, 0.3) is 4.96 Å². The predicted octanol–water partition coefficient (Wildman–Crippen LogP) is 2.31. The van der Waals surface area contributed by atoms with Crippen LogP contribution >= 0.6 is 22.9 Å². The summed E-state index contributed by atoms with van der Waals surface area (Å²) in [7, 11) is 1.54. The number of fused-ring (bicyclic) bond motifs is 1. The Bertz CT molecular complexity index is 953. The van der Waals surface area contributed by atoms with Crippen molar-refractivity contribution in [1.29, 1.82) is 0 Å². The van der Waals surface area contributed by atoms with Crippen LogP contribution in [0.15, 0.2) is 35.1 Å². The van der Waals surface area contributed by atoms with Gasteiger partial charge < -0.3 is 9.47 Å². The lowest BCUT2D eigenvalue weighted by atomic mass is 10.2. The summed E-state index contributed by atoms with van der Waals surface area (Å²) in [5, 5.41) is 5.19. The van der Waals surface area contributed by atoms with E-state index in [1.54, 1.807) is 25.3 Å². The largest absolute Gasteiger partial charge is 0.456 e. The Balaban J connectivity index is 1.77. The Hall–Kier alpha value is -2.29. The molecule has 2 heterocycles. The Morgan fingerprint density at radius 2 is 2.17 bits per heavy atom. The van der Waals surface area contributed by atoms with Crippen molar-refractivity contribution in [3.05, 3.63) is 62.0 Å². The van der Waals surface area contributed by atoms with Gasteiger partial charge in [-0.2, -0.15) is 9.61 Å². The summed E-state index contributed by atoms with van der Waals surface area (Å²) in [5.74, 6) is -0.538. The third-order valence-corrected chi connectivity index (χ3v) is 4.14. The van der Waals surface area contributed by atoms with E-state index >= 15 is 0 Å². The average molecular weight is 366 g/mol. The summed E-state index contributed by atoms with van der Waals surface area (Å²) in [5.41, 5.74) is 0.343. The highest BCUT2D eigenvalue weighted by molar-refractivity contribution is 7.16. The van der Waals surface area contributed by atoms with E-state index in [4.69, 9.17) is 21.1 Å². The predicted molar refractivity (Wildman–Crippen MR) is 88.4 cm³/mol. The summed E-state index contributed by atoms with van der Waals surface area (Å²) in [6, 6.07) is 7.71. The Labute approximate surface area is 145 Å². The van der Waals surface area contributed by atoms with Crippen LogP contribution in [-0.4, -0.2) is 27.7 Å². The molecular formula is C15H12ClN3O4S. The van der Waals surface area contributed by atoms with E-state index in [1.165, 1.54) is 28.0 Å². The molecule has 0 fully saturated rings. The molecule has 0 unspecified atom stereocenters. The molecule has 1 aromatic carbocycles. The number of ether oxygens (including phenoxy) is 2. The van der Waals surface area contributed by atoms with Gasteiger partial charge in [0.25, 0.3) is 5.56 Å². The second kappa shape index (κ2) is 7.08. The van der Waals surface area contributed by atoms with Gasteiger partial charge in [0.05, 0.1) is 17.9 Å². The van der Waals surface area contributed by atoms with Gasteiger partial charge in [0.1, 0.15) is 11.6 Å². The zero-order valence-corrected chi connectivity index (χ0v) is 14.1. The van der Waals surface area contributed by atoms with Crippen molar-refractivity contribution in [2.24, 2.45) is 0 Å². The number of rotatable bonds is 5. The van der Waals surface area contributed by atoms with Gasteiger partial charge in [-0.3, -0.25) is 4.79 Å². The molecule has 0 aliphatic carbocycles. The molecule has 0 aliphatic heterocycles. The summed E-state index contributed by atoms with van der Waals surface area (Å²) in [6.45, 7) is 0.182. The van der Waals surface area contributed by atoms with Crippen molar-refractivity contribution < 1.29 is 14.3 Å². The molecule has 7 nitrogen and oxygen atoms in total. The fourth-order valence-corrected chi connectivity index (χ4v) is 3.07. The molecular weight excluding hydrogens is 354 g/mol. The molecule has 24 heavy (non-hydrogen) atoms. The van der Waals surface area contributed by atoms with Crippen LogP contribution in [0.2, 0.25) is 5.02 Å². The number of carbonyl (C=O) groups is 1. The first-order valence-electron chi connectivity index (χ1n) is 6.87. The number of nitrogens with zero attached hydrogens (tertiary/aromatic N) is 3. The lowest BCUT2D eigenvalue weighted by Gasteiger charge is -2.04. The normalized spacial score (nSPS) is 10.9. The highest BCUT2D eigenvalue weighted by Crippen LogP contribution is 2.14. The molecule has 0 saturated carbocycles. The Kier molecular flexibility index (Phi) is 4.89. The number of halogens is 1. The van der Waals surface area contributed by atoms with Gasteiger partial charge in [0.15, 0.2) is 0 Å². The van der Waals surface area contributed by atoms with Gasteiger partial charge in [0.2, 0.25) is 4.96 Å². The van der Waals surface area contributed by atoms with Crippen molar-refractivity contribution >= 4 is 33.9 Å². The van der Waals surface area contributed by atoms with E-state index in [2.05, 4.69) is 10.1 Å². The maximum atomic E-state index is 12.0. The van der Waals surface area contributed by atoms with E-state index in [0.717, 1.165) is 0 Å². The second-order valence-electron chi connectivity index (χ2n) is 4.80. The minimum Gasteiger partial charge on any atom is -0.456 e. The van der Waals surface area contributed by atoms with E-state index in [0.29, 0.717) is 32.9 Å². The van der Waals surface area contributed by atoms with Crippen LogP contribution in [0.1, 0.15) is 21.1 Å². The first-order valence-corrected chi connectivity index (χ1v) is 8.06. The summed E-state index contributed by atoms with van der Waals surface area (Å²) >= 11 is 7.08. The van der Waals surface area contributed by atoms with E-state index in [-0.39, 0.29) is 12.2 Å². The molecule has 0 atom stereocenters. The molecule has 0 bridgehead atoms. The molecule has 0 spiro atoms. The highest BCUT2D eigenvalue weighted by Gasteiger charge is 2.12. The average Bonchev–Trinajstić information content (AvgIpc) is 2.96. The fourth-order valence-electron chi connectivity index (χ4n) is 1.99. The van der Waals surface area contributed by atoms with Crippen LogP contribution in [-0.2, 0) is 22.7 Å². The molecule has 124 valence electrons. The molecule has 0 N–H and O–H groups in total. The van der Waals surface area contributed by atoms with Crippen LogP contribution < -0.4 is 5.56 Å². The fraction of sp³-hybridized carbons (Fsp3) is 0.200. The third kappa shape index (κ3) is 3.61. The molecule has 2 aromatic heterocycles. The van der Waals surface area contributed by atoms with Crippen molar-refractivity contribution in [3.63, 3.8) is 0 Å². The van der Waals surface area contributed by atoms with E-state index in [1.807, 2.05) is 0 Å². The zero-order chi connectivity index (χ0) is 17.1. The smallest absolute Gasteiger partial charge is 0.338 e. The van der Waals surface area contributed by atoms with E-state index in [9.17, 15) is 9.59 Å². The van der Waals surface area contributed by atoms with Gasteiger partial charge in [-0.05, 0) is 18.2 Å². The minimum atomic E-state index is -0.538. The summed E-state index contributed by atoms with van der Waals surface area (Å²) < 4.78 is 11.4. The quantitative estimate of drug-likeness (QED) is 0.645. The monoisotopic (exact) mass is 365 g/mol. The van der Waals surface area contributed by atoms with Crippen molar-refractivity contribution in [2.75, 3.05) is 7.11 Å². The lowest BCUT2D eigenvalue weighted by Crippen LogP contribution is -2.16. The van der Waals surface area contributed by atoms with Crippen LogP contribution in [0.5, 0.6) is 0 Å². The maximum absolute atomic E-state index is 12.0. The standard InChI is InChI=1S/C15H12ClN3O4S/c1-22-8-12-18-19-13(20)6-11(17-15(19)24-12)7-23-14(21)9-3-2-4-10(16)5-9/h2-6H,7-8H2,1H3. The highest BCUT2D eigenvalue weighted by atomic mass is 35.5. The number of methoxy groups -OCH3 is 1. The van der Waals surface area contributed by atoms with Crippen LogP contribution in [0, 0.1) is 0 Å². The Morgan fingerprint density at radius 3 is 2.92 bits per heavy atom. The van der Waals surface area contributed by atoms with Gasteiger partial charge in [-0.15, -0.1) is 0 Å². The topological polar surface area (TPSA) is 82.8 Å². The number of aromatic nitrogens is 3. The maximum Gasteiger partial charge on any atom is 0.338 e. The van der Waals surface area contributed by atoms with Gasteiger partial charge in [-0.1, -0.05) is 29.0 Å². The number of esters is 1. The molecule has 3 aromatic rings. The Morgan fingerprint density at radius 1 is 1.33 bits per heavy atom. The first-order chi connectivity index (χ1) is 11.6. The molecule has 0 saturated heterocycles. The first kappa shape index (κ1) is 16.6. The lowest BCUT2D eigenvalue weighted by molar-refractivity contribution is 0.0467. The minimum absolute atomic E-state index is 0.116. The molecule has 0 aliphatic rings. The zero-order valence-electron chi connectivity index (χ0n) is 12.6. The van der Waals surface area contributed by atoms with Gasteiger partial charge >= 0.3 is 5.97 Å². The number of hydrogen-bond donors (Lipinski definition) is 0. The summed E-state index contributed by atoms with van der Waals surface area (Å²) in [4.78, 5) is 28.7. The van der Waals surface area contributed by atoms with Crippen molar-refractivity contribution in [1.82, 2.24) is 14.6 Å². The third-order valence-electron chi connectivity index (χ3n) is 3.02. The number of carbonyl (C=O) groups excluding carboxylic acids is 1. The second-order valence-corrected chi connectivity index (χ2v) is 6.27. The molecule has 9 heteroatoms. The number of benzene rings is 1. The molecule has 3 rings (SSSR count). The van der Waals surface area contributed by atoms with E-state index < -0.39 is 5.97 Å². The summed E-state index contributed by atoms with van der Waals surface area (Å²) in [6.07, 6.45) is 0. The van der Waals surface area contributed by atoms with Crippen molar-refractivity contribution in [3.8, 4) is 0 Å². The van der Waals surface area contributed by atoms with Crippen molar-refractivity contribution in [2.45, 2.75) is 13.2 Å². The SMILES string of the molecule is COCc1nn2c(=O)cc(COC(=O)c3cccc(Cl)c3)nc2s1. The van der Waals surface area contributed by atoms with Gasteiger partial charge in [-0.25, -0.2) is 9.78 Å². The molecule has 0 amide bonds.